The topological polar surface area (TPSA) is 72.2 Å². The minimum atomic E-state index is -3.78. The van der Waals surface area contributed by atoms with Gasteiger partial charge in [-0.1, -0.05) is 12.1 Å². The Kier molecular flexibility index (Phi) is 4.24. The summed E-state index contributed by atoms with van der Waals surface area (Å²) in [6.45, 7) is 1.77. The number of rotatable bonds is 4. The largest absolute Gasteiger partial charge is 0.378 e. The Morgan fingerprint density at radius 1 is 1.10 bits per heavy atom. The van der Waals surface area contributed by atoms with Gasteiger partial charge in [0, 0.05) is 17.8 Å². The molecule has 1 unspecified atom stereocenters. The molecule has 3 N–H and O–H groups in total. The van der Waals surface area contributed by atoms with Gasteiger partial charge in [0.1, 0.15) is 0 Å². The van der Waals surface area contributed by atoms with Crippen molar-refractivity contribution in [2.75, 3.05) is 5.32 Å². The van der Waals surface area contributed by atoms with Crippen molar-refractivity contribution in [3.8, 4) is 0 Å². The highest BCUT2D eigenvalue weighted by Gasteiger charge is 2.12. The van der Waals surface area contributed by atoms with Gasteiger partial charge in [0.25, 0.3) is 0 Å². The molecular weight excluding hydrogens is 298 g/mol. The lowest BCUT2D eigenvalue weighted by Gasteiger charge is -2.16. The smallest absolute Gasteiger partial charge is 0.238 e. The maximum absolute atomic E-state index is 13.1. The Labute approximate surface area is 121 Å². The lowest BCUT2D eigenvalue weighted by atomic mass is 10.1. The number of hydrogen-bond donors (Lipinski definition) is 2. The predicted molar refractivity (Wildman–Crippen MR) is 76.2 cm³/mol. The predicted octanol–water partition coefficient (Wildman–Crippen LogP) is 2.79. The van der Waals surface area contributed by atoms with Crippen molar-refractivity contribution in [2.45, 2.75) is 17.9 Å². The van der Waals surface area contributed by atoms with Gasteiger partial charge in [-0.25, -0.2) is 22.3 Å². The molecule has 0 radical (unpaired) electrons. The molecule has 0 aromatic heterocycles. The zero-order valence-electron chi connectivity index (χ0n) is 11.2. The Morgan fingerprint density at radius 3 is 2.43 bits per heavy atom. The SMILES string of the molecule is CC(Nc1ccc(F)c(F)c1)c1cccc(S(N)(=O)=O)c1. The molecular formula is C14H14F2N2O2S. The molecule has 0 aliphatic heterocycles. The fraction of sp³-hybridized carbons (Fsp3) is 0.143. The van der Waals surface area contributed by atoms with Crippen LogP contribution in [0.3, 0.4) is 0 Å². The van der Waals surface area contributed by atoms with Crippen LogP contribution in [-0.4, -0.2) is 8.42 Å². The molecule has 0 aliphatic rings. The van der Waals surface area contributed by atoms with Gasteiger partial charge < -0.3 is 5.32 Å². The van der Waals surface area contributed by atoms with Crippen molar-refractivity contribution < 1.29 is 17.2 Å². The molecule has 0 spiro atoms. The Balaban J connectivity index is 2.24. The first-order chi connectivity index (χ1) is 9.77. The summed E-state index contributed by atoms with van der Waals surface area (Å²) in [6.07, 6.45) is 0. The van der Waals surface area contributed by atoms with E-state index in [2.05, 4.69) is 5.32 Å². The molecule has 0 fully saturated rings. The molecule has 2 aromatic carbocycles. The standard InChI is InChI=1S/C14H14F2N2O2S/c1-9(18-11-5-6-13(15)14(16)8-11)10-3-2-4-12(7-10)21(17,19)20/h2-9,18H,1H3,(H2,17,19,20). The molecule has 2 aromatic rings. The van der Waals surface area contributed by atoms with Crippen molar-refractivity contribution in [1.29, 1.82) is 0 Å². The van der Waals surface area contributed by atoms with Gasteiger partial charge in [-0.3, -0.25) is 0 Å². The average Bonchev–Trinajstić information content (AvgIpc) is 2.42. The Morgan fingerprint density at radius 2 is 1.81 bits per heavy atom. The number of halogens is 2. The molecule has 7 heteroatoms. The van der Waals surface area contributed by atoms with Crippen molar-refractivity contribution >= 4 is 15.7 Å². The van der Waals surface area contributed by atoms with Crippen LogP contribution in [0.5, 0.6) is 0 Å². The maximum Gasteiger partial charge on any atom is 0.238 e. The molecule has 0 amide bonds. The average molecular weight is 312 g/mol. The highest BCUT2D eigenvalue weighted by Crippen LogP contribution is 2.22. The second-order valence-electron chi connectivity index (χ2n) is 4.61. The van der Waals surface area contributed by atoms with Crippen molar-refractivity contribution in [2.24, 2.45) is 5.14 Å². The van der Waals surface area contributed by atoms with E-state index in [4.69, 9.17) is 5.14 Å². The quantitative estimate of drug-likeness (QED) is 0.912. The maximum atomic E-state index is 13.1. The number of hydrogen-bond acceptors (Lipinski definition) is 3. The van der Waals surface area contributed by atoms with Gasteiger partial charge in [-0.15, -0.1) is 0 Å². The van der Waals surface area contributed by atoms with Crippen molar-refractivity contribution in [3.05, 3.63) is 59.7 Å². The Hall–Kier alpha value is -1.99. The molecule has 0 saturated heterocycles. The molecule has 0 saturated carbocycles. The van der Waals surface area contributed by atoms with E-state index in [0.717, 1.165) is 12.1 Å². The van der Waals surface area contributed by atoms with Crippen LogP contribution in [0.1, 0.15) is 18.5 Å². The van der Waals surface area contributed by atoms with Crippen molar-refractivity contribution in [3.63, 3.8) is 0 Å². The minimum Gasteiger partial charge on any atom is -0.378 e. The summed E-state index contributed by atoms with van der Waals surface area (Å²) in [5, 5.41) is 8.04. The highest BCUT2D eigenvalue weighted by atomic mass is 32.2. The summed E-state index contributed by atoms with van der Waals surface area (Å²) in [7, 11) is -3.78. The minimum absolute atomic E-state index is 0.000985. The summed E-state index contributed by atoms with van der Waals surface area (Å²) in [4.78, 5) is -0.000985. The highest BCUT2D eigenvalue weighted by molar-refractivity contribution is 7.89. The van der Waals surface area contributed by atoms with Crippen LogP contribution in [0.4, 0.5) is 14.5 Å². The second kappa shape index (κ2) is 5.79. The number of primary sulfonamides is 1. The third-order valence-electron chi connectivity index (χ3n) is 2.99. The normalized spacial score (nSPS) is 13.0. The summed E-state index contributed by atoms with van der Waals surface area (Å²) >= 11 is 0. The fourth-order valence-corrected chi connectivity index (χ4v) is 2.45. The van der Waals surface area contributed by atoms with Gasteiger partial charge in [-0.05, 0) is 36.8 Å². The van der Waals surface area contributed by atoms with E-state index in [1.807, 2.05) is 0 Å². The lowest BCUT2D eigenvalue weighted by Crippen LogP contribution is -2.13. The van der Waals surface area contributed by atoms with E-state index in [9.17, 15) is 17.2 Å². The van der Waals surface area contributed by atoms with Gasteiger partial charge in [0.2, 0.25) is 10.0 Å². The van der Waals surface area contributed by atoms with Crippen LogP contribution < -0.4 is 10.5 Å². The van der Waals surface area contributed by atoms with Gasteiger partial charge in [0.05, 0.1) is 4.90 Å². The first kappa shape index (κ1) is 15.4. The molecule has 0 aliphatic carbocycles. The van der Waals surface area contributed by atoms with Crippen LogP contribution >= 0.6 is 0 Å². The fourth-order valence-electron chi connectivity index (χ4n) is 1.88. The monoisotopic (exact) mass is 312 g/mol. The van der Waals surface area contributed by atoms with Crippen LogP contribution in [0, 0.1) is 11.6 Å². The summed E-state index contributed by atoms with van der Waals surface area (Å²) in [6, 6.07) is 9.26. The lowest BCUT2D eigenvalue weighted by molar-refractivity contribution is 0.509. The molecule has 4 nitrogen and oxygen atoms in total. The van der Waals surface area contributed by atoms with Crippen LogP contribution in [-0.2, 0) is 10.0 Å². The molecule has 21 heavy (non-hydrogen) atoms. The summed E-state index contributed by atoms with van der Waals surface area (Å²) in [5.74, 6) is -1.88. The number of benzene rings is 2. The van der Waals surface area contributed by atoms with Crippen molar-refractivity contribution in [1.82, 2.24) is 0 Å². The molecule has 0 bridgehead atoms. The van der Waals surface area contributed by atoms with Crippen LogP contribution in [0.2, 0.25) is 0 Å². The van der Waals surface area contributed by atoms with Gasteiger partial charge >= 0.3 is 0 Å². The number of nitrogens with two attached hydrogens (primary N) is 1. The van der Waals surface area contributed by atoms with E-state index in [1.165, 1.54) is 18.2 Å². The van der Waals surface area contributed by atoms with Gasteiger partial charge in [-0.2, -0.15) is 0 Å². The third-order valence-corrected chi connectivity index (χ3v) is 3.90. The Bertz CT molecular complexity index is 763. The van der Waals surface area contributed by atoms with Crippen LogP contribution in [0.25, 0.3) is 0 Å². The molecule has 2 rings (SSSR count). The van der Waals surface area contributed by atoms with E-state index in [0.29, 0.717) is 11.3 Å². The number of anilines is 1. The summed E-state index contributed by atoms with van der Waals surface area (Å²) in [5.41, 5.74) is 1.05. The third kappa shape index (κ3) is 3.77. The number of sulfonamides is 1. The second-order valence-corrected chi connectivity index (χ2v) is 6.17. The van der Waals surface area contributed by atoms with E-state index in [-0.39, 0.29) is 10.9 Å². The van der Waals surface area contributed by atoms with E-state index in [1.54, 1.807) is 19.1 Å². The zero-order valence-corrected chi connectivity index (χ0v) is 12.0. The van der Waals surface area contributed by atoms with E-state index < -0.39 is 21.7 Å². The molecule has 1 atom stereocenters. The summed E-state index contributed by atoms with van der Waals surface area (Å²) < 4.78 is 48.6. The zero-order chi connectivity index (χ0) is 15.6. The number of nitrogens with one attached hydrogen (secondary N) is 1. The molecule has 0 heterocycles. The first-order valence-electron chi connectivity index (χ1n) is 6.12. The molecule has 112 valence electrons. The van der Waals surface area contributed by atoms with E-state index >= 15 is 0 Å². The first-order valence-corrected chi connectivity index (χ1v) is 7.66. The van der Waals surface area contributed by atoms with Gasteiger partial charge in [0.15, 0.2) is 11.6 Å². The van der Waals surface area contributed by atoms with Crippen LogP contribution in [0.15, 0.2) is 47.4 Å².